The van der Waals surface area contributed by atoms with Gasteiger partial charge in [-0.25, -0.2) is 22.9 Å². The molecule has 1 aromatic heterocycles. The van der Waals surface area contributed by atoms with Crippen molar-refractivity contribution >= 4 is 27.6 Å². The molecule has 2 aromatic rings. The first kappa shape index (κ1) is 14.3. The van der Waals surface area contributed by atoms with Gasteiger partial charge in [-0.2, -0.15) is 0 Å². The molecular formula is C14H14N4O3S. The first-order chi connectivity index (χ1) is 10.5. The van der Waals surface area contributed by atoms with Crippen LogP contribution in [0.4, 0.5) is 16.3 Å². The average molecular weight is 318 g/mol. The van der Waals surface area contributed by atoms with Gasteiger partial charge in [-0.15, -0.1) is 0 Å². The Bertz CT molecular complexity index is 818. The van der Waals surface area contributed by atoms with Gasteiger partial charge in [-0.3, -0.25) is 4.90 Å². The molecule has 1 aromatic carbocycles. The van der Waals surface area contributed by atoms with Crippen LogP contribution in [-0.2, 0) is 10.0 Å². The maximum Gasteiger partial charge on any atom is 0.337 e. The van der Waals surface area contributed by atoms with Gasteiger partial charge in [0.15, 0.2) is 5.82 Å². The minimum atomic E-state index is -3.91. The smallest absolute Gasteiger partial charge is 0.337 e. The Hall–Kier alpha value is -2.61. The van der Waals surface area contributed by atoms with E-state index in [-0.39, 0.29) is 11.6 Å². The molecular weight excluding hydrogens is 304 g/mol. The van der Waals surface area contributed by atoms with E-state index in [0.717, 1.165) is 5.56 Å². The Morgan fingerprint density at radius 2 is 2.00 bits per heavy atom. The molecule has 0 atom stereocenters. The van der Waals surface area contributed by atoms with E-state index in [4.69, 9.17) is 0 Å². The molecule has 2 amide bonds. The Labute approximate surface area is 128 Å². The second-order valence-corrected chi connectivity index (χ2v) is 6.54. The van der Waals surface area contributed by atoms with E-state index in [1.807, 2.05) is 6.92 Å². The molecule has 0 fully saturated rings. The molecule has 1 aliphatic rings. The fourth-order valence-corrected chi connectivity index (χ4v) is 3.07. The topological polar surface area (TPSA) is 91.4 Å². The lowest BCUT2D eigenvalue weighted by atomic mass is 10.2. The van der Waals surface area contributed by atoms with Crippen molar-refractivity contribution in [2.24, 2.45) is 0 Å². The molecule has 0 saturated heterocycles. The number of carbonyl (C=O) groups excluding carboxylic acids is 1. The number of benzene rings is 1. The van der Waals surface area contributed by atoms with E-state index in [1.54, 1.807) is 30.5 Å². The van der Waals surface area contributed by atoms with E-state index in [1.165, 1.54) is 17.0 Å². The van der Waals surface area contributed by atoms with Gasteiger partial charge in [0, 0.05) is 6.20 Å². The van der Waals surface area contributed by atoms with Crippen LogP contribution < -0.4 is 14.9 Å². The van der Waals surface area contributed by atoms with E-state index >= 15 is 0 Å². The first-order valence-corrected chi connectivity index (χ1v) is 8.05. The molecule has 0 bridgehead atoms. The summed E-state index contributed by atoms with van der Waals surface area (Å²) in [6, 6.07) is 8.93. The molecule has 0 spiro atoms. The normalized spacial score (nSPS) is 13.4. The molecule has 0 saturated carbocycles. The van der Waals surface area contributed by atoms with Gasteiger partial charge in [0.1, 0.15) is 0 Å². The van der Waals surface area contributed by atoms with Gasteiger partial charge in [0.05, 0.1) is 17.3 Å². The molecule has 8 heteroatoms. The van der Waals surface area contributed by atoms with Gasteiger partial charge in [0.25, 0.3) is 10.0 Å². The molecule has 0 aliphatic carbocycles. The van der Waals surface area contributed by atoms with Crippen LogP contribution >= 0.6 is 0 Å². The van der Waals surface area contributed by atoms with E-state index in [0.29, 0.717) is 11.5 Å². The van der Waals surface area contributed by atoms with Crippen LogP contribution in [0.5, 0.6) is 0 Å². The summed E-state index contributed by atoms with van der Waals surface area (Å²) in [5.41, 5.74) is 1.48. The van der Waals surface area contributed by atoms with E-state index in [2.05, 4.69) is 15.0 Å². The van der Waals surface area contributed by atoms with Crippen LogP contribution in [0.15, 0.2) is 47.5 Å². The summed E-state index contributed by atoms with van der Waals surface area (Å²) in [5, 5.41) is 2.92. The lowest BCUT2D eigenvalue weighted by molar-refractivity contribution is 0.251. The molecule has 1 aliphatic heterocycles. The summed E-state index contributed by atoms with van der Waals surface area (Å²) in [6.07, 6.45) is 1.59. The van der Waals surface area contributed by atoms with Gasteiger partial charge >= 0.3 is 6.03 Å². The number of pyridine rings is 1. The Kier molecular flexibility index (Phi) is 3.45. The van der Waals surface area contributed by atoms with Gasteiger partial charge in [-0.05, 0) is 31.2 Å². The summed E-state index contributed by atoms with van der Waals surface area (Å²) in [4.78, 5) is 17.6. The monoisotopic (exact) mass is 318 g/mol. The van der Waals surface area contributed by atoms with Crippen molar-refractivity contribution in [2.75, 3.05) is 16.9 Å². The van der Waals surface area contributed by atoms with Crippen molar-refractivity contribution in [3.05, 3.63) is 48.2 Å². The average Bonchev–Trinajstić information content (AvgIpc) is 2.91. The number of aryl methyl sites for hydroxylation is 1. The number of hydrogen-bond donors (Lipinski definition) is 2. The van der Waals surface area contributed by atoms with Crippen LogP contribution in [0.25, 0.3) is 0 Å². The zero-order valence-corrected chi connectivity index (χ0v) is 12.6. The zero-order valence-electron chi connectivity index (χ0n) is 11.8. The summed E-state index contributed by atoms with van der Waals surface area (Å²) in [7, 11) is -3.91. The predicted molar refractivity (Wildman–Crippen MR) is 82.1 cm³/mol. The SMILES string of the molecule is Cc1ccc(S(=O)(=O)NC(=O)N2CNc3ncccc32)cc1. The second-order valence-electron chi connectivity index (χ2n) is 4.86. The van der Waals surface area contributed by atoms with E-state index in [9.17, 15) is 13.2 Å². The van der Waals surface area contributed by atoms with Gasteiger partial charge < -0.3 is 5.32 Å². The number of nitrogens with zero attached hydrogens (tertiary/aromatic N) is 2. The number of nitrogens with one attached hydrogen (secondary N) is 2. The third-order valence-electron chi connectivity index (χ3n) is 3.28. The van der Waals surface area contributed by atoms with Crippen LogP contribution in [0, 0.1) is 6.92 Å². The second kappa shape index (κ2) is 5.30. The van der Waals surface area contributed by atoms with Crippen LogP contribution in [-0.4, -0.2) is 26.1 Å². The number of amides is 2. The number of aromatic nitrogens is 1. The molecule has 22 heavy (non-hydrogen) atoms. The lowest BCUT2D eigenvalue weighted by Gasteiger charge is -2.16. The number of rotatable bonds is 2. The minimum absolute atomic E-state index is 0.0463. The number of anilines is 2. The molecule has 0 radical (unpaired) electrons. The van der Waals surface area contributed by atoms with Gasteiger partial charge in [-0.1, -0.05) is 17.7 Å². The maximum atomic E-state index is 12.2. The molecule has 7 nitrogen and oxygen atoms in total. The van der Waals surface area contributed by atoms with Crippen LogP contribution in [0.2, 0.25) is 0 Å². The molecule has 3 rings (SSSR count). The number of urea groups is 1. The van der Waals surface area contributed by atoms with E-state index < -0.39 is 16.1 Å². The third kappa shape index (κ3) is 2.60. The molecule has 2 heterocycles. The van der Waals surface area contributed by atoms with Crippen molar-refractivity contribution in [1.29, 1.82) is 0 Å². The highest BCUT2D eigenvalue weighted by atomic mass is 32.2. The quantitative estimate of drug-likeness (QED) is 0.879. The fourth-order valence-electron chi connectivity index (χ4n) is 2.12. The minimum Gasteiger partial charge on any atom is -0.350 e. The Morgan fingerprint density at radius 1 is 1.27 bits per heavy atom. The number of fused-ring (bicyclic) bond motifs is 1. The summed E-state index contributed by atoms with van der Waals surface area (Å²) < 4.78 is 26.5. The molecule has 0 unspecified atom stereocenters. The number of sulfonamides is 1. The first-order valence-electron chi connectivity index (χ1n) is 6.57. The Morgan fingerprint density at radius 3 is 2.73 bits per heavy atom. The highest BCUT2D eigenvalue weighted by Crippen LogP contribution is 2.28. The fraction of sp³-hybridized carbons (Fsp3) is 0.143. The van der Waals surface area contributed by atoms with Crippen molar-refractivity contribution in [3.8, 4) is 0 Å². The van der Waals surface area contributed by atoms with Crippen LogP contribution in [0.3, 0.4) is 0 Å². The lowest BCUT2D eigenvalue weighted by Crippen LogP contribution is -2.42. The van der Waals surface area contributed by atoms with Crippen molar-refractivity contribution < 1.29 is 13.2 Å². The molecule has 2 N–H and O–H groups in total. The zero-order chi connectivity index (χ0) is 15.7. The van der Waals surface area contributed by atoms with Crippen LogP contribution in [0.1, 0.15) is 5.56 Å². The largest absolute Gasteiger partial charge is 0.350 e. The number of carbonyl (C=O) groups is 1. The predicted octanol–water partition coefficient (Wildman–Crippen LogP) is 1.68. The number of hydrogen-bond acceptors (Lipinski definition) is 5. The van der Waals surface area contributed by atoms with Gasteiger partial charge in [0.2, 0.25) is 0 Å². The Balaban J connectivity index is 1.81. The summed E-state index contributed by atoms with van der Waals surface area (Å²) >= 11 is 0. The summed E-state index contributed by atoms with van der Waals surface area (Å²) in [5.74, 6) is 0.547. The summed E-state index contributed by atoms with van der Waals surface area (Å²) in [6.45, 7) is 2.02. The van der Waals surface area contributed by atoms with Crippen molar-refractivity contribution in [2.45, 2.75) is 11.8 Å². The van der Waals surface area contributed by atoms with Crippen molar-refractivity contribution in [1.82, 2.24) is 9.71 Å². The maximum absolute atomic E-state index is 12.2. The highest BCUT2D eigenvalue weighted by Gasteiger charge is 2.28. The molecule has 114 valence electrons. The third-order valence-corrected chi connectivity index (χ3v) is 4.62. The van der Waals surface area contributed by atoms with Crippen molar-refractivity contribution in [3.63, 3.8) is 0 Å². The highest BCUT2D eigenvalue weighted by molar-refractivity contribution is 7.90. The standard InChI is InChI=1S/C14H14N4O3S/c1-10-4-6-11(7-5-10)22(20,21)17-14(19)18-9-16-13-12(18)3-2-8-15-13/h2-8H,9H2,1H3,(H,15,16)(H,17,19).